The molecule has 0 unspecified atom stereocenters. The number of hydrogen-bond acceptors (Lipinski definition) is 1. The second kappa shape index (κ2) is 5.11. The SMILES string of the molecule is Cc1ccc(C(=O)CC2=CCCCC2)cc1. The van der Waals surface area contributed by atoms with Gasteiger partial charge in [0.15, 0.2) is 5.78 Å². The molecule has 1 aliphatic carbocycles. The van der Waals surface area contributed by atoms with Crippen LogP contribution in [-0.2, 0) is 0 Å². The second-order valence-electron chi connectivity index (χ2n) is 4.57. The second-order valence-corrected chi connectivity index (χ2v) is 4.57. The van der Waals surface area contributed by atoms with E-state index in [4.69, 9.17) is 0 Å². The minimum atomic E-state index is 0.258. The van der Waals surface area contributed by atoms with Gasteiger partial charge in [-0.25, -0.2) is 0 Å². The van der Waals surface area contributed by atoms with Gasteiger partial charge in [0.2, 0.25) is 0 Å². The Morgan fingerprint density at radius 3 is 2.56 bits per heavy atom. The molecular weight excluding hydrogens is 196 g/mol. The van der Waals surface area contributed by atoms with Crippen molar-refractivity contribution in [2.24, 2.45) is 0 Å². The lowest BCUT2D eigenvalue weighted by atomic mass is 9.93. The third kappa shape index (κ3) is 2.82. The monoisotopic (exact) mass is 214 g/mol. The van der Waals surface area contributed by atoms with Gasteiger partial charge in [0, 0.05) is 12.0 Å². The first-order valence-corrected chi connectivity index (χ1v) is 6.03. The zero-order chi connectivity index (χ0) is 11.4. The standard InChI is InChI=1S/C15H18O/c1-12-7-9-14(10-8-12)15(16)11-13-5-3-2-4-6-13/h5,7-10H,2-4,6,11H2,1H3. The van der Waals surface area contributed by atoms with Crippen LogP contribution < -0.4 is 0 Å². The summed E-state index contributed by atoms with van der Waals surface area (Å²) in [5.74, 6) is 0.258. The van der Waals surface area contributed by atoms with E-state index in [0.717, 1.165) is 18.4 Å². The molecule has 0 fully saturated rings. The van der Waals surface area contributed by atoms with Crippen molar-refractivity contribution in [3.05, 3.63) is 47.0 Å². The Labute approximate surface area is 97.2 Å². The van der Waals surface area contributed by atoms with Crippen molar-refractivity contribution in [1.29, 1.82) is 0 Å². The fourth-order valence-electron chi connectivity index (χ4n) is 2.11. The van der Waals surface area contributed by atoms with Crippen molar-refractivity contribution in [3.63, 3.8) is 0 Å². The first-order valence-electron chi connectivity index (χ1n) is 6.03. The topological polar surface area (TPSA) is 17.1 Å². The van der Waals surface area contributed by atoms with E-state index >= 15 is 0 Å². The van der Waals surface area contributed by atoms with Crippen molar-refractivity contribution in [2.75, 3.05) is 0 Å². The maximum absolute atomic E-state index is 12.0. The molecule has 1 aromatic carbocycles. The first-order chi connectivity index (χ1) is 7.75. The number of rotatable bonds is 3. The third-order valence-corrected chi connectivity index (χ3v) is 3.15. The van der Waals surface area contributed by atoms with Crippen LogP contribution in [0.15, 0.2) is 35.9 Å². The van der Waals surface area contributed by atoms with Gasteiger partial charge in [-0.15, -0.1) is 0 Å². The molecule has 16 heavy (non-hydrogen) atoms. The average molecular weight is 214 g/mol. The van der Waals surface area contributed by atoms with Crippen molar-refractivity contribution in [1.82, 2.24) is 0 Å². The lowest BCUT2D eigenvalue weighted by molar-refractivity contribution is 0.0991. The number of ketones is 1. The maximum Gasteiger partial charge on any atom is 0.166 e. The Balaban J connectivity index is 2.02. The van der Waals surface area contributed by atoms with Crippen LogP contribution in [0.5, 0.6) is 0 Å². The summed E-state index contributed by atoms with van der Waals surface area (Å²) in [5.41, 5.74) is 3.38. The van der Waals surface area contributed by atoms with Gasteiger partial charge in [0.05, 0.1) is 0 Å². The van der Waals surface area contributed by atoms with E-state index in [0.29, 0.717) is 6.42 Å². The van der Waals surface area contributed by atoms with Gasteiger partial charge >= 0.3 is 0 Å². The third-order valence-electron chi connectivity index (χ3n) is 3.15. The van der Waals surface area contributed by atoms with Crippen molar-refractivity contribution < 1.29 is 4.79 Å². The summed E-state index contributed by atoms with van der Waals surface area (Å²) < 4.78 is 0. The van der Waals surface area contributed by atoms with E-state index in [1.807, 2.05) is 31.2 Å². The number of hydrogen-bond donors (Lipinski definition) is 0. The van der Waals surface area contributed by atoms with E-state index < -0.39 is 0 Å². The Kier molecular flexibility index (Phi) is 3.55. The molecule has 0 heterocycles. The van der Waals surface area contributed by atoms with E-state index in [2.05, 4.69) is 6.08 Å². The lowest BCUT2D eigenvalue weighted by Crippen LogP contribution is -2.03. The predicted molar refractivity (Wildman–Crippen MR) is 66.7 cm³/mol. The number of benzene rings is 1. The van der Waals surface area contributed by atoms with Crippen LogP contribution in [0.3, 0.4) is 0 Å². The van der Waals surface area contributed by atoms with Gasteiger partial charge in [0.25, 0.3) is 0 Å². The number of Topliss-reactive ketones (excluding diaryl/α,β-unsaturated/α-hetero) is 1. The largest absolute Gasteiger partial charge is 0.294 e. The van der Waals surface area contributed by atoms with Gasteiger partial charge in [-0.2, -0.15) is 0 Å². The molecular formula is C15H18O. The summed E-state index contributed by atoms with van der Waals surface area (Å²) in [7, 11) is 0. The predicted octanol–water partition coefficient (Wildman–Crippen LogP) is 4.07. The van der Waals surface area contributed by atoms with Gasteiger partial charge in [-0.05, 0) is 32.6 Å². The van der Waals surface area contributed by atoms with Crippen molar-refractivity contribution in [3.8, 4) is 0 Å². The Morgan fingerprint density at radius 1 is 1.19 bits per heavy atom. The van der Waals surface area contributed by atoms with Crippen LogP contribution in [0.1, 0.15) is 48.0 Å². The molecule has 1 heteroatoms. The van der Waals surface area contributed by atoms with Crippen molar-refractivity contribution in [2.45, 2.75) is 39.0 Å². The Morgan fingerprint density at radius 2 is 1.94 bits per heavy atom. The first kappa shape index (κ1) is 11.1. The normalized spacial score (nSPS) is 15.7. The molecule has 0 amide bonds. The molecule has 0 aliphatic heterocycles. The van der Waals surface area contributed by atoms with Crippen LogP contribution >= 0.6 is 0 Å². The molecule has 0 saturated heterocycles. The molecule has 0 aromatic heterocycles. The molecule has 1 aromatic rings. The van der Waals surface area contributed by atoms with E-state index in [-0.39, 0.29) is 5.78 Å². The van der Waals surface area contributed by atoms with Crippen LogP contribution in [0.2, 0.25) is 0 Å². The highest BCUT2D eigenvalue weighted by atomic mass is 16.1. The molecule has 0 bridgehead atoms. The highest BCUT2D eigenvalue weighted by Crippen LogP contribution is 2.21. The van der Waals surface area contributed by atoms with E-state index in [1.165, 1.54) is 24.0 Å². The Hall–Kier alpha value is -1.37. The minimum absolute atomic E-state index is 0.258. The van der Waals surface area contributed by atoms with Gasteiger partial charge in [-0.3, -0.25) is 4.79 Å². The van der Waals surface area contributed by atoms with Gasteiger partial charge < -0.3 is 0 Å². The molecule has 2 rings (SSSR count). The zero-order valence-corrected chi connectivity index (χ0v) is 9.83. The summed E-state index contributed by atoms with van der Waals surface area (Å²) in [6.45, 7) is 2.04. The van der Waals surface area contributed by atoms with Crippen LogP contribution in [-0.4, -0.2) is 5.78 Å². The molecule has 0 saturated carbocycles. The van der Waals surface area contributed by atoms with Crippen LogP contribution in [0, 0.1) is 6.92 Å². The number of carbonyl (C=O) groups is 1. The van der Waals surface area contributed by atoms with Gasteiger partial charge in [-0.1, -0.05) is 41.5 Å². The molecule has 0 radical (unpaired) electrons. The molecule has 0 spiro atoms. The van der Waals surface area contributed by atoms with E-state index in [1.54, 1.807) is 0 Å². The number of allylic oxidation sites excluding steroid dienone is 2. The average Bonchev–Trinajstić information content (AvgIpc) is 2.31. The number of carbonyl (C=O) groups excluding carboxylic acids is 1. The smallest absolute Gasteiger partial charge is 0.166 e. The van der Waals surface area contributed by atoms with E-state index in [9.17, 15) is 4.79 Å². The molecule has 0 atom stereocenters. The summed E-state index contributed by atoms with van der Waals surface area (Å²) in [4.78, 5) is 12.0. The van der Waals surface area contributed by atoms with Crippen LogP contribution in [0.25, 0.3) is 0 Å². The number of aryl methyl sites for hydroxylation is 1. The van der Waals surface area contributed by atoms with Gasteiger partial charge in [0.1, 0.15) is 0 Å². The fourth-order valence-corrected chi connectivity index (χ4v) is 2.11. The maximum atomic E-state index is 12.0. The lowest BCUT2D eigenvalue weighted by Gasteiger charge is -2.11. The Bertz CT molecular complexity index is 398. The van der Waals surface area contributed by atoms with Crippen molar-refractivity contribution >= 4 is 5.78 Å². The quantitative estimate of drug-likeness (QED) is 0.547. The highest BCUT2D eigenvalue weighted by Gasteiger charge is 2.10. The van der Waals surface area contributed by atoms with Crippen LogP contribution in [0.4, 0.5) is 0 Å². The molecule has 1 aliphatic rings. The summed E-state index contributed by atoms with van der Waals surface area (Å²) >= 11 is 0. The molecule has 0 N–H and O–H groups in total. The fraction of sp³-hybridized carbons (Fsp3) is 0.400. The molecule has 84 valence electrons. The minimum Gasteiger partial charge on any atom is -0.294 e. The summed E-state index contributed by atoms with van der Waals surface area (Å²) in [5, 5.41) is 0. The summed E-state index contributed by atoms with van der Waals surface area (Å²) in [6.07, 6.45) is 7.64. The highest BCUT2D eigenvalue weighted by molar-refractivity contribution is 5.97. The summed E-state index contributed by atoms with van der Waals surface area (Å²) in [6, 6.07) is 7.87. The zero-order valence-electron chi connectivity index (χ0n) is 9.83. The molecule has 1 nitrogen and oxygen atoms in total.